The molecule has 0 rings (SSSR count). The molecule has 0 aromatic carbocycles. The van der Waals surface area contributed by atoms with Gasteiger partial charge in [0.15, 0.2) is 6.10 Å². The fourth-order valence-corrected chi connectivity index (χ4v) is 10.5. The second-order valence-electron chi connectivity index (χ2n) is 24.9. The topological polar surface area (TPSA) is 108 Å². The molecule has 0 radical (unpaired) electrons. The fourth-order valence-electron chi connectivity index (χ4n) is 9.75. The molecule has 2 unspecified atom stereocenters. The number of allylic oxidation sites excluding steroid dienone is 22. The molecule has 0 aromatic rings. The zero-order chi connectivity index (χ0) is 64.1. The van der Waals surface area contributed by atoms with Crippen molar-refractivity contribution in [3.8, 4) is 0 Å². The molecule has 0 spiro atoms. The number of hydrogen-bond acceptors (Lipinski definition) is 7. The molecule has 2 atom stereocenters. The summed E-state index contributed by atoms with van der Waals surface area (Å²) in [7, 11) is 1.47. The Morgan fingerprint density at radius 1 is 0.352 bits per heavy atom. The van der Waals surface area contributed by atoms with Crippen molar-refractivity contribution >= 4 is 19.8 Å². The predicted molar refractivity (Wildman–Crippen MR) is 381 cm³/mol. The lowest BCUT2D eigenvalue weighted by Gasteiger charge is -2.24. The lowest BCUT2D eigenvalue weighted by Crippen LogP contribution is -2.37. The van der Waals surface area contributed by atoms with Gasteiger partial charge in [0.2, 0.25) is 0 Å². The summed E-state index contributed by atoms with van der Waals surface area (Å²) >= 11 is 0. The quantitative estimate of drug-likeness (QED) is 0.0211. The summed E-state index contributed by atoms with van der Waals surface area (Å²) in [6, 6.07) is 0. The lowest BCUT2D eigenvalue weighted by molar-refractivity contribution is -0.870. The molecular weight excluding hydrogens is 1110 g/mol. The highest BCUT2D eigenvalue weighted by Gasteiger charge is 2.27. The van der Waals surface area contributed by atoms with Crippen LogP contribution in [-0.4, -0.2) is 74.9 Å². The minimum absolute atomic E-state index is 0.0272. The molecule has 10 heteroatoms. The standard InChI is InChI=1S/C78H134NO8P/c1-6-8-10-12-14-16-18-20-22-24-26-28-30-32-34-36-37-38-39-40-41-43-45-47-49-51-53-55-57-59-61-63-65-67-69-71-78(81)87-76(75-86-88(82,83)85-73-72-79(3,4)5)74-84-77(80)70-68-66-64-62-60-58-56-54-52-50-48-46-44-42-35-33-31-29-27-25-23-21-19-17-15-13-11-9-7-2/h8-11,14-17,20-23,26-29,32,34,37-38,40-41,76H,6-7,12-13,18-19,24-25,30-31,33,35-36,39,42-75H2,1-5H3/p+1/b10-8-,11-9-,16-14-,17-15-,22-20-,23-21-,28-26-,29-27-,34-32-,38-37-,41-40-. The maximum Gasteiger partial charge on any atom is 0.472 e. The lowest BCUT2D eigenvalue weighted by atomic mass is 10.0. The third-order valence-electron chi connectivity index (χ3n) is 15.2. The van der Waals surface area contributed by atoms with E-state index in [2.05, 4.69) is 148 Å². The molecule has 0 aliphatic rings. The van der Waals surface area contributed by atoms with Crippen molar-refractivity contribution in [3.63, 3.8) is 0 Å². The summed E-state index contributed by atoms with van der Waals surface area (Å²) in [6.07, 6.45) is 98.4. The van der Waals surface area contributed by atoms with Crippen LogP contribution in [0, 0.1) is 0 Å². The molecule has 0 aliphatic heterocycles. The van der Waals surface area contributed by atoms with Gasteiger partial charge in [0.25, 0.3) is 0 Å². The number of nitrogens with zero attached hydrogens (tertiary/aromatic N) is 1. The summed E-state index contributed by atoms with van der Waals surface area (Å²) in [4.78, 5) is 35.9. The number of quaternary nitrogens is 1. The van der Waals surface area contributed by atoms with Crippen LogP contribution in [0.25, 0.3) is 0 Å². The van der Waals surface area contributed by atoms with E-state index in [1.165, 1.54) is 154 Å². The zero-order valence-electron chi connectivity index (χ0n) is 57.4. The maximum absolute atomic E-state index is 12.9. The number of carbonyl (C=O) groups excluding carboxylic acids is 2. The first-order valence-corrected chi connectivity index (χ1v) is 37.4. The van der Waals surface area contributed by atoms with Crippen molar-refractivity contribution in [2.24, 2.45) is 0 Å². The van der Waals surface area contributed by atoms with Crippen LogP contribution in [0.3, 0.4) is 0 Å². The third-order valence-corrected chi connectivity index (χ3v) is 16.2. The Bertz CT molecular complexity index is 1950. The fraction of sp³-hybridized carbons (Fsp3) is 0.692. The average Bonchev–Trinajstić information content (AvgIpc) is 3.57. The molecule has 88 heavy (non-hydrogen) atoms. The summed E-state index contributed by atoms with van der Waals surface area (Å²) in [5.41, 5.74) is 0. The van der Waals surface area contributed by atoms with Crippen LogP contribution in [0.4, 0.5) is 0 Å². The smallest absolute Gasteiger partial charge is 0.462 e. The molecule has 0 heterocycles. The number of phosphoric ester groups is 1. The second-order valence-corrected chi connectivity index (χ2v) is 26.3. The first-order chi connectivity index (χ1) is 43.0. The van der Waals surface area contributed by atoms with Crippen LogP contribution in [0.2, 0.25) is 0 Å². The van der Waals surface area contributed by atoms with E-state index in [0.29, 0.717) is 17.4 Å². The van der Waals surface area contributed by atoms with Crippen LogP contribution in [-0.2, 0) is 32.7 Å². The van der Waals surface area contributed by atoms with Gasteiger partial charge in [0, 0.05) is 12.8 Å². The Morgan fingerprint density at radius 3 is 0.909 bits per heavy atom. The van der Waals surface area contributed by atoms with Gasteiger partial charge in [-0.1, -0.05) is 308 Å². The molecule has 0 amide bonds. The molecule has 0 aliphatic carbocycles. The number of unbranched alkanes of at least 4 members (excludes halogenated alkanes) is 29. The van der Waals surface area contributed by atoms with Crippen molar-refractivity contribution < 1.29 is 42.1 Å². The molecule has 0 saturated heterocycles. The summed E-state index contributed by atoms with van der Waals surface area (Å²) in [6.45, 7) is 4.23. The first-order valence-electron chi connectivity index (χ1n) is 35.9. The van der Waals surface area contributed by atoms with E-state index in [1.54, 1.807) is 0 Å². The SMILES string of the molecule is CC/C=C\C/C=C\C/C=C\C/C=C\C/C=C\C/C=C\C/C=C\CCCCCCCCCCCCCCCC(=O)OC(COC(=O)CCCCCCCCCCCCCCCCCC/C=C\C/C=C\C/C=C\C/C=C\CC)COP(=O)(O)OCC[N+](C)(C)C. The Hall–Kier alpha value is -3.85. The zero-order valence-corrected chi connectivity index (χ0v) is 58.3. The minimum atomic E-state index is -4.40. The average molecular weight is 1250 g/mol. The molecule has 504 valence electrons. The Kier molecular flexibility index (Phi) is 64.6. The highest BCUT2D eigenvalue weighted by molar-refractivity contribution is 7.47. The molecule has 9 nitrogen and oxygen atoms in total. The Labute approximate surface area is 542 Å². The monoisotopic (exact) mass is 1240 g/mol. The van der Waals surface area contributed by atoms with E-state index >= 15 is 0 Å². The predicted octanol–water partition coefficient (Wildman–Crippen LogP) is 23.6. The Morgan fingerprint density at radius 2 is 0.614 bits per heavy atom. The van der Waals surface area contributed by atoms with Gasteiger partial charge in [0.1, 0.15) is 19.8 Å². The normalized spacial score (nSPS) is 13.9. The van der Waals surface area contributed by atoms with E-state index in [0.717, 1.165) is 109 Å². The summed E-state index contributed by atoms with van der Waals surface area (Å²) in [5, 5.41) is 0. The number of rotatable bonds is 65. The highest BCUT2D eigenvalue weighted by Crippen LogP contribution is 2.43. The van der Waals surface area contributed by atoms with Crippen LogP contribution < -0.4 is 0 Å². The van der Waals surface area contributed by atoms with E-state index < -0.39 is 26.5 Å². The van der Waals surface area contributed by atoms with Crippen molar-refractivity contribution in [2.45, 2.75) is 302 Å². The Balaban J connectivity index is 4.05. The number of likely N-dealkylation sites (N-methyl/N-ethyl adjacent to an activating group) is 1. The van der Waals surface area contributed by atoms with Gasteiger partial charge in [-0.15, -0.1) is 0 Å². The maximum atomic E-state index is 12.9. The largest absolute Gasteiger partial charge is 0.472 e. The van der Waals surface area contributed by atoms with E-state index in [-0.39, 0.29) is 32.0 Å². The van der Waals surface area contributed by atoms with E-state index in [1.807, 2.05) is 21.1 Å². The van der Waals surface area contributed by atoms with Crippen LogP contribution in [0.15, 0.2) is 134 Å². The highest BCUT2D eigenvalue weighted by atomic mass is 31.2. The number of esters is 2. The summed E-state index contributed by atoms with van der Waals surface area (Å²) < 4.78 is 34.8. The van der Waals surface area contributed by atoms with Crippen LogP contribution in [0.1, 0.15) is 296 Å². The first kappa shape index (κ1) is 84.2. The van der Waals surface area contributed by atoms with Crippen LogP contribution >= 0.6 is 7.82 Å². The number of phosphoric acid groups is 1. The van der Waals surface area contributed by atoms with Crippen molar-refractivity contribution in [3.05, 3.63) is 134 Å². The summed E-state index contributed by atoms with van der Waals surface area (Å²) in [5.74, 6) is -0.796. The third kappa shape index (κ3) is 71.2. The van der Waals surface area contributed by atoms with Gasteiger partial charge in [-0.05, 0) is 109 Å². The van der Waals surface area contributed by atoms with E-state index in [4.69, 9.17) is 18.5 Å². The molecule has 0 fully saturated rings. The van der Waals surface area contributed by atoms with Crippen molar-refractivity contribution in [2.75, 3.05) is 47.5 Å². The number of hydrogen-bond donors (Lipinski definition) is 1. The minimum Gasteiger partial charge on any atom is -0.462 e. The second kappa shape index (κ2) is 67.5. The number of ether oxygens (including phenoxy) is 2. The van der Waals surface area contributed by atoms with Crippen LogP contribution in [0.5, 0.6) is 0 Å². The van der Waals surface area contributed by atoms with Gasteiger partial charge in [-0.25, -0.2) is 4.57 Å². The van der Waals surface area contributed by atoms with Gasteiger partial charge in [-0.3, -0.25) is 18.6 Å². The van der Waals surface area contributed by atoms with Gasteiger partial charge < -0.3 is 18.9 Å². The number of carbonyl (C=O) groups is 2. The molecular formula is C78H135NO8P+. The van der Waals surface area contributed by atoms with Gasteiger partial charge in [-0.2, -0.15) is 0 Å². The molecule has 0 aromatic heterocycles. The molecule has 1 N–H and O–H groups in total. The van der Waals surface area contributed by atoms with Crippen molar-refractivity contribution in [1.29, 1.82) is 0 Å². The van der Waals surface area contributed by atoms with Gasteiger partial charge >= 0.3 is 19.8 Å². The van der Waals surface area contributed by atoms with Crippen molar-refractivity contribution in [1.82, 2.24) is 0 Å². The van der Waals surface area contributed by atoms with Gasteiger partial charge in [0.05, 0.1) is 27.7 Å². The molecule has 0 saturated carbocycles. The van der Waals surface area contributed by atoms with E-state index in [9.17, 15) is 19.0 Å². The molecule has 0 bridgehead atoms.